The first-order valence-electron chi connectivity index (χ1n) is 7.48. The van der Waals surface area contributed by atoms with E-state index in [9.17, 15) is 24.5 Å². The fourth-order valence-corrected chi connectivity index (χ4v) is 3.77. The van der Waals surface area contributed by atoms with Crippen LogP contribution in [0.5, 0.6) is 0 Å². The number of aryl methyl sites for hydroxylation is 1. The summed E-state index contributed by atoms with van der Waals surface area (Å²) in [5, 5.41) is 12.7. The molecule has 0 unspecified atom stereocenters. The molecule has 4 rings (SSSR count). The quantitative estimate of drug-likeness (QED) is 0.394. The molecule has 10 heteroatoms. The van der Waals surface area contributed by atoms with Gasteiger partial charge in [0.25, 0.3) is 23.1 Å². The van der Waals surface area contributed by atoms with Crippen molar-refractivity contribution in [1.82, 2.24) is 14.3 Å². The molecule has 130 valence electrons. The number of thiazole rings is 1. The van der Waals surface area contributed by atoms with Gasteiger partial charge in [-0.1, -0.05) is 0 Å². The van der Waals surface area contributed by atoms with Crippen molar-refractivity contribution in [2.75, 3.05) is 0 Å². The van der Waals surface area contributed by atoms with E-state index in [2.05, 4.69) is 4.98 Å². The summed E-state index contributed by atoms with van der Waals surface area (Å²) in [6.45, 7) is 1.60. The third-order valence-corrected chi connectivity index (χ3v) is 5.06. The highest BCUT2D eigenvalue weighted by Gasteiger charge is 2.37. The van der Waals surface area contributed by atoms with Crippen molar-refractivity contribution in [2.24, 2.45) is 0 Å². The maximum absolute atomic E-state index is 12.5. The van der Waals surface area contributed by atoms with E-state index in [1.165, 1.54) is 33.9 Å². The van der Waals surface area contributed by atoms with Crippen LogP contribution in [0.1, 0.15) is 32.1 Å². The van der Waals surface area contributed by atoms with E-state index in [-0.39, 0.29) is 34.6 Å². The summed E-state index contributed by atoms with van der Waals surface area (Å²) in [7, 11) is 0. The Labute approximate surface area is 149 Å². The standard InChI is InChI=1S/C16H10N4O5S/c1-8-7-26-16-17-9(4-13(21)19(8)16)6-18-14(22)11-3-2-10(20(24)25)5-12(11)15(18)23/h2-5,7H,6H2,1H3. The molecular formula is C16H10N4O5S. The molecule has 0 atom stereocenters. The Hall–Kier alpha value is -3.40. The minimum atomic E-state index is -0.641. The van der Waals surface area contributed by atoms with Gasteiger partial charge in [-0.2, -0.15) is 0 Å². The normalized spacial score (nSPS) is 13.5. The second kappa shape index (κ2) is 5.56. The number of rotatable bonds is 3. The first-order valence-corrected chi connectivity index (χ1v) is 8.36. The highest BCUT2D eigenvalue weighted by molar-refractivity contribution is 7.15. The summed E-state index contributed by atoms with van der Waals surface area (Å²) in [5.74, 6) is -1.21. The third kappa shape index (κ3) is 2.30. The van der Waals surface area contributed by atoms with Crippen molar-refractivity contribution < 1.29 is 14.5 Å². The molecule has 3 heterocycles. The monoisotopic (exact) mass is 370 g/mol. The SMILES string of the molecule is Cc1csc2nc(CN3C(=O)c4ccc([N+](=O)[O-])cc4C3=O)cc(=O)n12. The number of benzene rings is 1. The number of hydrogen-bond donors (Lipinski definition) is 0. The molecule has 1 aromatic carbocycles. The molecule has 0 bridgehead atoms. The summed E-state index contributed by atoms with van der Waals surface area (Å²) in [6, 6.07) is 4.81. The summed E-state index contributed by atoms with van der Waals surface area (Å²) in [5.41, 5.74) is 0.553. The number of aromatic nitrogens is 2. The van der Waals surface area contributed by atoms with E-state index in [1.54, 1.807) is 12.3 Å². The smallest absolute Gasteiger partial charge is 0.269 e. The lowest BCUT2D eigenvalue weighted by molar-refractivity contribution is -0.384. The van der Waals surface area contributed by atoms with Gasteiger partial charge in [-0.15, -0.1) is 11.3 Å². The van der Waals surface area contributed by atoms with Gasteiger partial charge in [0.05, 0.1) is 28.3 Å². The Balaban J connectivity index is 1.71. The summed E-state index contributed by atoms with van der Waals surface area (Å²) in [4.78, 5) is 53.2. The van der Waals surface area contributed by atoms with Gasteiger partial charge in [-0.3, -0.25) is 33.8 Å². The molecule has 2 aromatic heterocycles. The fourth-order valence-electron chi connectivity index (χ4n) is 2.88. The molecule has 26 heavy (non-hydrogen) atoms. The number of non-ortho nitro benzene ring substituents is 1. The minimum Gasteiger partial charge on any atom is -0.269 e. The van der Waals surface area contributed by atoms with Crippen molar-refractivity contribution in [1.29, 1.82) is 0 Å². The van der Waals surface area contributed by atoms with E-state index >= 15 is 0 Å². The molecular weight excluding hydrogens is 360 g/mol. The number of nitrogens with zero attached hydrogens (tertiary/aromatic N) is 4. The fraction of sp³-hybridized carbons (Fsp3) is 0.125. The molecule has 9 nitrogen and oxygen atoms in total. The van der Waals surface area contributed by atoms with Crippen molar-refractivity contribution in [3.05, 3.63) is 72.6 Å². The van der Waals surface area contributed by atoms with Crippen LogP contribution in [0.4, 0.5) is 5.69 Å². The van der Waals surface area contributed by atoms with Crippen molar-refractivity contribution in [2.45, 2.75) is 13.5 Å². The van der Waals surface area contributed by atoms with Crippen LogP contribution in [-0.4, -0.2) is 31.0 Å². The van der Waals surface area contributed by atoms with E-state index in [0.717, 1.165) is 16.7 Å². The number of hydrogen-bond acceptors (Lipinski definition) is 7. The van der Waals surface area contributed by atoms with E-state index in [4.69, 9.17) is 0 Å². The zero-order valence-corrected chi connectivity index (χ0v) is 14.1. The second-order valence-electron chi connectivity index (χ2n) is 5.76. The number of fused-ring (bicyclic) bond motifs is 2. The van der Waals surface area contributed by atoms with Gasteiger partial charge in [-0.25, -0.2) is 4.98 Å². The van der Waals surface area contributed by atoms with Gasteiger partial charge in [0.2, 0.25) is 0 Å². The lowest BCUT2D eigenvalue weighted by Gasteiger charge is -2.13. The predicted octanol–water partition coefficient (Wildman–Crippen LogP) is 1.77. The molecule has 0 aliphatic carbocycles. The molecule has 0 saturated carbocycles. The molecule has 0 spiro atoms. The number of nitro benzene ring substituents is 1. The average molecular weight is 370 g/mol. The third-order valence-electron chi connectivity index (χ3n) is 4.11. The zero-order chi connectivity index (χ0) is 18.6. The van der Waals surface area contributed by atoms with Crippen LogP contribution in [-0.2, 0) is 6.54 Å². The summed E-state index contributed by atoms with van der Waals surface area (Å²) < 4.78 is 1.44. The number of nitro groups is 1. The highest BCUT2D eigenvalue weighted by Crippen LogP contribution is 2.27. The van der Waals surface area contributed by atoms with Gasteiger partial charge < -0.3 is 0 Å². The van der Waals surface area contributed by atoms with E-state index in [0.29, 0.717) is 4.96 Å². The average Bonchev–Trinajstić information content (AvgIpc) is 3.08. The lowest BCUT2D eigenvalue weighted by atomic mass is 10.1. The van der Waals surface area contributed by atoms with Crippen LogP contribution in [0.15, 0.2) is 34.4 Å². The first kappa shape index (κ1) is 16.1. The maximum Gasteiger partial charge on any atom is 0.270 e. The molecule has 1 aliphatic rings. The minimum absolute atomic E-state index is 0.0195. The molecule has 3 aromatic rings. The van der Waals surface area contributed by atoms with Crippen LogP contribution in [0, 0.1) is 17.0 Å². The number of imide groups is 1. The Bertz CT molecular complexity index is 1180. The molecule has 1 aliphatic heterocycles. The zero-order valence-electron chi connectivity index (χ0n) is 13.3. The summed E-state index contributed by atoms with van der Waals surface area (Å²) in [6.07, 6.45) is 0. The van der Waals surface area contributed by atoms with Crippen LogP contribution >= 0.6 is 11.3 Å². The van der Waals surface area contributed by atoms with Gasteiger partial charge in [-0.05, 0) is 13.0 Å². The topological polar surface area (TPSA) is 115 Å². The highest BCUT2D eigenvalue weighted by atomic mass is 32.1. The van der Waals surface area contributed by atoms with Gasteiger partial charge >= 0.3 is 0 Å². The first-order chi connectivity index (χ1) is 12.4. The number of amides is 2. The molecule has 2 amide bonds. The lowest BCUT2D eigenvalue weighted by Crippen LogP contribution is -2.30. The summed E-state index contributed by atoms with van der Waals surface area (Å²) >= 11 is 1.28. The van der Waals surface area contributed by atoms with Crippen LogP contribution in [0.2, 0.25) is 0 Å². The number of carbonyl (C=O) groups excluding carboxylic acids is 2. The predicted molar refractivity (Wildman–Crippen MR) is 91.4 cm³/mol. The molecule has 0 radical (unpaired) electrons. The Morgan fingerprint density at radius 3 is 2.62 bits per heavy atom. The second-order valence-corrected chi connectivity index (χ2v) is 6.60. The Morgan fingerprint density at radius 2 is 1.88 bits per heavy atom. The van der Waals surface area contributed by atoms with Crippen LogP contribution in [0.25, 0.3) is 4.96 Å². The van der Waals surface area contributed by atoms with Gasteiger partial charge in [0.15, 0.2) is 4.96 Å². The van der Waals surface area contributed by atoms with E-state index < -0.39 is 16.7 Å². The maximum atomic E-state index is 12.5. The molecule has 0 fully saturated rings. The van der Waals surface area contributed by atoms with Crippen LogP contribution < -0.4 is 5.56 Å². The Kier molecular flexibility index (Phi) is 3.44. The van der Waals surface area contributed by atoms with Crippen molar-refractivity contribution in [3.63, 3.8) is 0 Å². The molecule has 0 saturated heterocycles. The molecule has 0 N–H and O–H groups in total. The van der Waals surface area contributed by atoms with Crippen molar-refractivity contribution >= 4 is 33.8 Å². The van der Waals surface area contributed by atoms with Gasteiger partial charge in [0.1, 0.15) is 0 Å². The largest absolute Gasteiger partial charge is 0.270 e. The van der Waals surface area contributed by atoms with Crippen LogP contribution in [0.3, 0.4) is 0 Å². The van der Waals surface area contributed by atoms with Gasteiger partial charge in [0, 0.05) is 29.3 Å². The number of carbonyl (C=O) groups is 2. The van der Waals surface area contributed by atoms with Crippen molar-refractivity contribution in [3.8, 4) is 0 Å². The Morgan fingerprint density at radius 1 is 1.15 bits per heavy atom. The van der Waals surface area contributed by atoms with E-state index in [1.807, 2.05) is 0 Å².